The number of hydrogen-bond donors (Lipinski definition) is 3. The van der Waals surface area contributed by atoms with Crippen LogP contribution in [-0.4, -0.2) is 34.6 Å². The summed E-state index contributed by atoms with van der Waals surface area (Å²) >= 11 is 1.33. The van der Waals surface area contributed by atoms with Crippen molar-refractivity contribution in [1.29, 1.82) is 0 Å². The molecule has 7 heteroatoms. The lowest BCUT2D eigenvalue weighted by molar-refractivity contribution is -0.136. The lowest BCUT2D eigenvalue weighted by atomic mass is 10.1. The molecule has 1 atom stereocenters. The second-order valence-electron chi connectivity index (χ2n) is 4.81. The van der Waals surface area contributed by atoms with Crippen LogP contribution in [0.3, 0.4) is 0 Å². The van der Waals surface area contributed by atoms with Crippen LogP contribution in [0.4, 0.5) is 5.13 Å². The lowest BCUT2D eigenvalue weighted by Gasteiger charge is -2.09. The number of aliphatic hydroxyl groups is 1. The zero-order chi connectivity index (χ0) is 15.9. The van der Waals surface area contributed by atoms with Crippen LogP contribution in [0.5, 0.6) is 0 Å². The number of thiazole rings is 1. The average molecular weight is 319 g/mol. The van der Waals surface area contributed by atoms with Gasteiger partial charge < -0.3 is 10.4 Å². The molecule has 0 unspecified atom stereocenters. The van der Waals surface area contributed by atoms with E-state index in [4.69, 9.17) is 5.11 Å². The molecule has 6 nitrogen and oxygen atoms in total. The standard InChI is InChI=1S/C15H17N3O3S/c1-10(9-19)17-13(20)14(21)18-15-16-8-12(22-15)7-11-5-3-2-4-6-11/h2-6,8,10,19H,7,9H2,1H3,(H,17,20)(H,16,18,21)/t10-/m1/s1. The number of carbonyl (C=O) groups excluding carboxylic acids is 2. The highest BCUT2D eigenvalue weighted by atomic mass is 32.1. The topological polar surface area (TPSA) is 91.3 Å². The van der Waals surface area contributed by atoms with E-state index in [1.54, 1.807) is 13.1 Å². The average Bonchev–Trinajstić information content (AvgIpc) is 2.95. The molecule has 2 aromatic rings. The highest BCUT2D eigenvalue weighted by molar-refractivity contribution is 7.15. The Morgan fingerprint density at radius 3 is 2.68 bits per heavy atom. The monoisotopic (exact) mass is 319 g/mol. The fourth-order valence-corrected chi connectivity index (χ4v) is 2.57. The van der Waals surface area contributed by atoms with E-state index in [-0.39, 0.29) is 6.61 Å². The van der Waals surface area contributed by atoms with Crippen LogP contribution >= 0.6 is 11.3 Å². The minimum atomic E-state index is -0.791. The van der Waals surface area contributed by atoms with Crippen LogP contribution in [-0.2, 0) is 16.0 Å². The third-order valence-electron chi connectivity index (χ3n) is 2.85. The number of rotatable bonds is 5. The number of anilines is 1. The Labute approximate surface area is 132 Å². The smallest absolute Gasteiger partial charge is 0.315 e. The summed E-state index contributed by atoms with van der Waals surface area (Å²) in [5.74, 6) is -1.58. The summed E-state index contributed by atoms with van der Waals surface area (Å²) < 4.78 is 0. The van der Waals surface area contributed by atoms with Crippen LogP contribution in [0.1, 0.15) is 17.4 Å². The lowest BCUT2D eigenvalue weighted by Crippen LogP contribution is -2.42. The zero-order valence-corrected chi connectivity index (χ0v) is 12.9. The Balaban J connectivity index is 1.91. The van der Waals surface area contributed by atoms with E-state index in [1.807, 2.05) is 30.3 Å². The molecule has 0 spiro atoms. The number of benzene rings is 1. The van der Waals surface area contributed by atoms with E-state index in [2.05, 4.69) is 15.6 Å². The van der Waals surface area contributed by atoms with Crippen LogP contribution in [0, 0.1) is 0 Å². The normalized spacial score (nSPS) is 11.7. The highest BCUT2D eigenvalue weighted by Gasteiger charge is 2.17. The van der Waals surface area contributed by atoms with Gasteiger partial charge in [0.1, 0.15) is 0 Å². The first-order chi connectivity index (χ1) is 10.6. The molecular formula is C15H17N3O3S. The van der Waals surface area contributed by atoms with Crippen LogP contribution in [0.25, 0.3) is 0 Å². The molecule has 0 aliphatic heterocycles. The number of carbonyl (C=O) groups is 2. The Kier molecular flexibility index (Phi) is 5.62. The third-order valence-corrected chi connectivity index (χ3v) is 3.77. The number of aliphatic hydroxyl groups excluding tert-OH is 1. The summed E-state index contributed by atoms with van der Waals surface area (Å²) in [4.78, 5) is 28.3. The molecular weight excluding hydrogens is 302 g/mol. The van der Waals surface area contributed by atoms with Crippen molar-refractivity contribution >= 4 is 28.3 Å². The molecule has 2 rings (SSSR count). The second-order valence-corrected chi connectivity index (χ2v) is 5.92. The van der Waals surface area contributed by atoms with Crippen molar-refractivity contribution in [2.24, 2.45) is 0 Å². The van der Waals surface area contributed by atoms with Gasteiger partial charge in [-0.15, -0.1) is 11.3 Å². The number of amides is 2. The largest absolute Gasteiger partial charge is 0.394 e. The van der Waals surface area contributed by atoms with E-state index >= 15 is 0 Å². The predicted molar refractivity (Wildman–Crippen MR) is 84.7 cm³/mol. The summed E-state index contributed by atoms with van der Waals surface area (Å²) in [6.07, 6.45) is 2.41. The number of nitrogens with zero attached hydrogens (tertiary/aromatic N) is 1. The highest BCUT2D eigenvalue weighted by Crippen LogP contribution is 2.20. The number of nitrogens with one attached hydrogen (secondary N) is 2. The molecule has 0 radical (unpaired) electrons. The van der Waals surface area contributed by atoms with Gasteiger partial charge in [0.05, 0.1) is 6.61 Å². The molecule has 1 aromatic carbocycles. The van der Waals surface area contributed by atoms with Crippen molar-refractivity contribution in [2.45, 2.75) is 19.4 Å². The van der Waals surface area contributed by atoms with Crippen molar-refractivity contribution in [3.8, 4) is 0 Å². The molecule has 0 aliphatic rings. The van der Waals surface area contributed by atoms with Crippen molar-refractivity contribution in [3.05, 3.63) is 47.0 Å². The van der Waals surface area contributed by atoms with Crippen molar-refractivity contribution in [1.82, 2.24) is 10.3 Å². The van der Waals surface area contributed by atoms with Crippen molar-refractivity contribution < 1.29 is 14.7 Å². The molecule has 0 saturated heterocycles. The maximum Gasteiger partial charge on any atom is 0.315 e. The number of hydrogen-bond acceptors (Lipinski definition) is 5. The molecule has 22 heavy (non-hydrogen) atoms. The molecule has 2 amide bonds. The van der Waals surface area contributed by atoms with E-state index in [1.165, 1.54) is 11.3 Å². The van der Waals surface area contributed by atoms with Gasteiger partial charge in [0.15, 0.2) is 5.13 Å². The van der Waals surface area contributed by atoms with Gasteiger partial charge in [0, 0.05) is 23.5 Å². The van der Waals surface area contributed by atoms with Crippen molar-refractivity contribution in [3.63, 3.8) is 0 Å². The fourth-order valence-electron chi connectivity index (χ4n) is 1.73. The fraction of sp³-hybridized carbons (Fsp3) is 0.267. The summed E-state index contributed by atoms with van der Waals surface area (Å²) in [6, 6.07) is 9.44. The van der Waals surface area contributed by atoms with Gasteiger partial charge in [-0.3, -0.25) is 14.9 Å². The maximum atomic E-state index is 11.7. The molecule has 0 aliphatic carbocycles. The summed E-state index contributed by atoms with van der Waals surface area (Å²) in [6.45, 7) is 1.38. The predicted octanol–water partition coefficient (Wildman–Crippen LogP) is 1.17. The van der Waals surface area contributed by atoms with Gasteiger partial charge in [-0.1, -0.05) is 30.3 Å². The van der Waals surface area contributed by atoms with E-state index < -0.39 is 17.9 Å². The Morgan fingerprint density at radius 2 is 2.00 bits per heavy atom. The zero-order valence-electron chi connectivity index (χ0n) is 12.1. The molecule has 0 saturated carbocycles. The van der Waals surface area contributed by atoms with Crippen LogP contribution in [0.2, 0.25) is 0 Å². The molecule has 0 fully saturated rings. The minimum Gasteiger partial charge on any atom is -0.394 e. The van der Waals surface area contributed by atoms with Crippen LogP contribution < -0.4 is 10.6 Å². The SMILES string of the molecule is C[C@H](CO)NC(=O)C(=O)Nc1ncc(Cc2ccccc2)s1. The summed E-state index contributed by atoms with van der Waals surface area (Å²) in [5.41, 5.74) is 1.15. The first kappa shape index (κ1) is 16.1. The second kappa shape index (κ2) is 7.67. The molecule has 116 valence electrons. The van der Waals surface area contributed by atoms with Crippen LogP contribution in [0.15, 0.2) is 36.5 Å². The number of aromatic nitrogens is 1. The molecule has 3 N–H and O–H groups in total. The van der Waals surface area contributed by atoms with Gasteiger partial charge in [-0.05, 0) is 12.5 Å². The molecule has 1 heterocycles. The van der Waals surface area contributed by atoms with Gasteiger partial charge in [0.25, 0.3) is 0 Å². The van der Waals surface area contributed by atoms with E-state index in [0.717, 1.165) is 16.9 Å². The molecule has 1 aromatic heterocycles. The quantitative estimate of drug-likeness (QED) is 0.722. The summed E-state index contributed by atoms with van der Waals surface area (Å²) in [5, 5.41) is 14.0. The maximum absolute atomic E-state index is 11.7. The van der Waals surface area contributed by atoms with Gasteiger partial charge in [-0.25, -0.2) is 4.98 Å². The first-order valence-corrected chi connectivity index (χ1v) is 7.61. The Bertz CT molecular complexity index is 642. The van der Waals surface area contributed by atoms with Gasteiger partial charge in [0.2, 0.25) is 0 Å². The van der Waals surface area contributed by atoms with Gasteiger partial charge in [-0.2, -0.15) is 0 Å². The Hall–Kier alpha value is -2.25. The van der Waals surface area contributed by atoms with E-state index in [9.17, 15) is 9.59 Å². The van der Waals surface area contributed by atoms with E-state index in [0.29, 0.717) is 5.13 Å². The van der Waals surface area contributed by atoms with Gasteiger partial charge >= 0.3 is 11.8 Å². The Morgan fingerprint density at radius 1 is 1.27 bits per heavy atom. The third kappa shape index (κ3) is 4.64. The first-order valence-electron chi connectivity index (χ1n) is 6.80. The summed E-state index contributed by atoms with van der Waals surface area (Å²) in [7, 11) is 0. The van der Waals surface area contributed by atoms with Crippen molar-refractivity contribution in [2.75, 3.05) is 11.9 Å². The molecule has 0 bridgehead atoms. The minimum absolute atomic E-state index is 0.225.